The number of hydrogen-bond donors (Lipinski definition) is 2. The van der Waals surface area contributed by atoms with E-state index in [1.807, 2.05) is 24.4 Å². The molecular weight excluding hydrogens is 312 g/mol. The number of pyridine rings is 1. The maximum atomic E-state index is 9.58. The predicted molar refractivity (Wildman–Crippen MR) is 79.4 cm³/mol. The van der Waals surface area contributed by atoms with Crippen molar-refractivity contribution in [3.63, 3.8) is 0 Å². The minimum absolute atomic E-state index is 0.310. The van der Waals surface area contributed by atoms with Crippen LogP contribution in [0.4, 0.5) is 0 Å². The number of H-pyrrole nitrogens is 1. The zero-order chi connectivity index (χ0) is 17.9. The van der Waals surface area contributed by atoms with Gasteiger partial charge in [0, 0.05) is 30.1 Å². The molecule has 2 rings (SSSR count). The van der Waals surface area contributed by atoms with Crippen molar-refractivity contribution in [2.45, 2.75) is 25.0 Å². The molecule has 0 aliphatic rings. The third kappa shape index (κ3) is 7.48. The number of hydrogen-bond acceptors (Lipinski definition) is 5. The number of quaternary nitrogens is 1. The van der Waals surface area contributed by atoms with Crippen LogP contribution >= 0.6 is 0 Å². The first-order valence-corrected chi connectivity index (χ1v) is 7.32. The van der Waals surface area contributed by atoms with Gasteiger partial charge < -0.3 is 30.6 Å². The van der Waals surface area contributed by atoms with E-state index in [1.54, 1.807) is 0 Å². The molecule has 1 heterocycles. The maximum Gasteiger partial charge on any atom is 0.185 e. The first-order valence-electron chi connectivity index (χ1n) is 7.32. The topological polar surface area (TPSA) is 142 Å². The molecule has 0 aliphatic carbocycles. The Bertz CT molecular complexity index is 634. The third-order valence-corrected chi connectivity index (χ3v) is 3.14. The van der Waals surface area contributed by atoms with Crippen LogP contribution in [0, 0.1) is 0 Å². The van der Waals surface area contributed by atoms with Crippen molar-refractivity contribution >= 4 is 11.9 Å². The van der Waals surface area contributed by atoms with Crippen LogP contribution in [0.25, 0.3) is 0 Å². The molecule has 0 radical (unpaired) electrons. The van der Waals surface area contributed by atoms with Gasteiger partial charge in [0.25, 0.3) is 0 Å². The van der Waals surface area contributed by atoms with Gasteiger partial charge in [-0.05, 0) is 0 Å². The molecule has 128 valence electrons. The standard InChI is InChI=1S/C13H14N2.C4H6O5/c14-13(11-6-2-1-3-7-11)10-12-8-4-5-9-15-12;5-2(4(8)9)1-3(6)7/h1-9,13H,10,14H2;2,5H,1H2,(H,6,7)(H,8,9)/t13-;2-/m00/s1. The lowest BCUT2D eigenvalue weighted by Crippen LogP contribution is -2.54. The average Bonchev–Trinajstić information content (AvgIpc) is 2.56. The van der Waals surface area contributed by atoms with Gasteiger partial charge in [-0.15, -0.1) is 0 Å². The highest BCUT2D eigenvalue weighted by atomic mass is 16.4. The Morgan fingerprint density at radius 2 is 1.71 bits per heavy atom. The number of rotatable bonds is 6. The fourth-order valence-electron chi connectivity index (χ4n) is 1.91. The molecule has 0 saturated carbocycles. The van der Waals surface area contributed by atoms with E-state index in [1.165, 1.54) is 11.3 Å². The van der Waals surface area contributed by atoms with Crippen molar-refractivity contribution < 1.29 is 35.6 Å². The van der Waals surface area contributed by atoms with E-state index in [2.05, 4.69) is 41.0 Å². The van der Waals surface area contributed by atoms with Crippen LogP contribution in [0.5, 0.6) is 0 Å². The normalized spacial score (nSPS) is 12.4. The molecule has 0 amide bonds. The van der Waals surface area contributed by atoms with Gasteiger partial charge in [0.05, 0.1) is 18.5 Å². The van der Waals surface area contributed by atoms with E-state index >= 15 is 0 Å². The van der Waals surface area contributed by atoms with Crippen LogP contribution in [0.1, 0.15) is 23.7 Å². The van der Waals surface area contributed by atoms with E-state index in [0.717, 1.165) is 6.42 Å². The zero-order valence-electron chi connectivity index (χ0n) is 13.1. The molecule has 0 fully saturated rings. The molecule has 0 aliphatic heterocycles. The van der Waals surface area contributed by atoms with Gasteiger partial charge in [-0.3, -0.25) is 0 Å². The number of aromatic nitrogens is 1. The van der Waals surface area contributed by atoms with Gasteiger partial charge in [-0.2, -0.15) is 0 Å². The van der Waals surface area contributed by atoms with Crippen molar-refractivity contribution in [2.24, 2.45) is 0 Å². The lowest BCUT2D eigenvalue weighted by Gasteiger charge is -2.10. The molecule has 2 aromatic rings. The summed E-state index contributed by atoms with van der Waals surface area (Å²) < 4.78 is 0. The summed E-state index contributed by atoms with van der Waals surface area (Å²) in [7, 11) is 0. The summed E-state index contributed by atoms with van der Waals surface area (Å²) in [5.41, 5.74) is 6.69. The highest BCUT2D eigenvalue weighted by molar-refractivity contribution is 5.76. The Morgan fingerprint density at radius 3 is 2.17 bits per heavy atom. The lowest BCUT2D eigenvalue weighted by molar-refractivity contribution is -0.441. The number of nitrogens with one attached hydrogen (secondary N) is 1. The van der Waals surface area contributed by atoms with E-state index in [4.69, 9.17) is 5.11 Å². The summed E-state index contributed by atoms with van der Waals surface area (Å²) in [5.74, 6) is -3.43. The molecule has 0 unspecified atom stereocenters. The van der Waals surface area contributed by atoms with E-state index in [9.17, 15) is 19.8 Å². The van der Waals surface area contributed by atoms with E-state index in [-0.39, 0.29) is 0 Å². The zero-order valence-corrected chi connectivity index (χ0v) is 13.1. The van der Waals surface area contributed by atoms with Gasteiger partial charge in [0.15, 0.2) is 11.9 Å². The molecule has 7 nitrogen and oxygen atoms in total. The molecule has 0 saturated heterocycles. The third-order valence-electron chi connectivity index (χ3n) is 3.14. The SMILES string of the molecule is O=C([O-])C[C@H](O)C(=O)[O-].[NH3+][C@@H](Cc1cccc[nH+]1)c1ccccc1. The molecule has 1 aromatic carbocycles. The summed E-state index contributed by atoms with van der Waals surface area (Å²) in [5, 5.41) is 27.3. The summed E-state index contributed by atoms with van der Waals surface area (Å²) >= 11 is 0. The first-order chi connectivity index (χ1) is 11.4. The summed E-state index contributed by atoms with van der Waals surface area (Å²) in [6, 6.07) is 16.8. The van der Waals surface area contributed by atoms with E-state index < -0.39 is 24.5 Å². The van der Waals surface area contributed by atoms with Crippen LogP contribution in [0.2, 0.25) is 0 Å². The number of carboxylic acids is 2. The average molecular weight is 332 g/mol. The monoisotopic (exact) mass is 332 g/mol. The molecule has 24 heavy (non-hydrogen) atoms. The van der Waals surface area contributed by atoms with Crippen molar-refractivity contribution in [2.75, 3.05) is 0 Å². The summed E-state index contributed by atoms with van der Waals surface area (Å²) in [4.78, 5) is 22.4. The van der Waals surface area contributed by atoms with Crippen LogP contribution in [-0.2, 0) is 16.0 Å². The number of benzene rings is 1. The van der Waals surface area contributed by atoms with Gasteiger partial charge in [0.2, 0.25) is 0 Å². The van der Waals surface area contributed by atoms with Gasteiger partial charge in [-0.25, -0.2) is 4.98 Å². The van der Waals surface area contributed by atoms with Gasteiger partial charge >= 0.3 is 0 Å². The highest BCUT2D eigenvalue weighted by Crippen LogP contribution is 2.11. The number of aliphatic carboxylic acids is 2. The minimum atomic E-state index is -1.96. The summed E-state index contributed by atoms with van der Waals surface area (Å²) in [6.07, 6.45) is 0.00949. The van der Waals surface area contributed by atoms with Crippen molar-refractivity contribution in [1.82, 2.24) is 0 Å². The van der Waals surface area contributed by atoms with Crippen molar-refractivity contribution in [3.8, 4) is 0 Å². The minimum Gasteiger partial charge on any atom is -0.550 e. The Hall–Kier alpha value is -2.77. The largest absolute Gasteiger partial charge is 0.550 e. The molecule has 7 heteroatoms. The van der Waals surface area contributed by atoms with Gasteiger partial charge in [0.1, 0.15) is 6.04 Å². The van der Waals surface area contributed by atoms with Crippen LogP contribution < -0.4 is 20.9 Å². The predicted octanol–water partition coefficient (Wildman–Crippen LogP) is -2.74. The molecule has 2 atom stereocenters. The molecular formula is C17H20N2O5. The number of carboxylic acid groups (broad SMARTS) is 2. The second-order valence-corrected chi connectivity index (χ2v) is 5.11. The number of carbonyl (C=O) groups excluding carboxylic acids is 2. The van der Waals surface area contributed by atoms with Crippen LogP contribution in [0.15, 0.2) is 54.7 Å². The fraction of sp³-hybridized carbons (Fsp3) is 0.235. The number of aromatic amines is 1. The molecule has 0 spiro atoms. The Labute approximate surface area is 139 Å². The first kappa shape index (κ1) is 19.3. The highest BCUT2D eigenvalue weighted by Gasteiger charge is 2.13. The molecule has 1 aromatic heterocycles. The lowest BCUT2D eigenvalue weighted by atomic mass is 10.0. The summed E-state index contributed by atoms with van der Waals surface area (Å²) in [6.45, 7) is 0. The Balaban J connectivity index is 0.000000277. The fourth-order valence-corrected chi connectivity index (χ4v) is 1.91. The number of aliphatic hydroxyl groups excluding tert-OH is 1. The number of aliphatic hydroxyl groups is 1. The maximum absolute atomic E-state index is 9.58. The Kier molecular flexibility index (Phi) is 8.10. The van der Waals surface area contributed by atoms with Crippen LogP contribution in [0.3, 0.4) is 0 Å². The van der Waals surface area contributed by atoms with Crippen molar-refractivity contribution in [3.05, 3.63) is 66.0 Å². The van der Waals surface area contributed by atoms with Crippen LogP contribution in [-0.4, -0.2) is 23.1 Å². The van der Waals surface area contributed by atoms with Gasteiger partial charge in [-0.1, -0.05) is 36.4 Å². The smallest absolute Gasteiger partial charge is 0.185 e. The molecule has 0 bridgehead atoms. The second kappa shape index (κ2) is 10.1. The van der Waals surface area contributed by atoms with E-state index in [0.29, 0.717) is 6.04 Å². The molecule has 5 N–H and O–H groups in total. The van der Waals surface area contributed by atoms with Crippen molar-refractivity contribution in [1.29, 1.82) is 0 Å². The second-order valence-electron chi connectivity index (χ2n) is 5.11. The quantitative estimate of drug-likeness (QED) is 0.590. The Morgan fingerprint density at radius 1 is 1.08 bits per heavy atom. The number of carbonyl (C=O) groups is 2.